The first-order chi connectivity index (χ1) is 24.7. The second kappa shape index (κ2) is 21.3. The van der Waals surface area contributed by atoms with Crippen LogP contribution in [0.1, 0.15) is 142 Å². The first kappa shape index (κ1) is 44.5. The van der Waals surface area contributed by atoms with Crippen molar-refractivity contribution in [2.24, 2.45) is 0 Å². The van der Waals surface area contributed by atoms with E-state index in [4.69, 9.17) is 9.47 Å². The molecule has 52 heavy (non-hydrogen) atoms. The number of ether oxygens (including phenoxy) is 2. The molecule has 1 fully saturated rings. The molecule has 2 aromatic carbocycles. The predicted molar refractivity (Wildman–Crippen MR) is 219 cm³/mol. The molecule has 2 aromatic rings. The lowest BCUT2D eigenvalue weighted by atomic mass is 9.84. The Kier molecular flexibility index (Phi) is 18.2. The topological polar surface area (TPSA) is 99.5 Å². The maximum absolute atomic E-state index is 11.7. The number of nitrogens with zero attached hydrogens (tertiary/aromatic N) is 1. The summed E-state index contributed by atoms with van der Waals surface area (Å²) in [5, 5.41) is 28.7. The zero-order valence-corrected chi connectivity index (χ0v) is 35.2. The fourth-order valence-electron chi connectivity index (χ4n) is 6.77. The molecule has 1 heterocycles. The Morgan fingerprint density at radius 3 is 1.48 bits per heavy atom. The minimum Gasteiger partial charge on any atom is -0.493 e. The SMILES string of the molecule is CCCCCc1cc(SC2(Sc3cc(CCCCC)c(OCCCO)c(C(C)(C)C)c3)CCN(CC(=O)O)CC2)cc(C(C)(C)C)c1OCCCO. The number of aliphatic hydroxyl groups excluding tert-OH is 2. The Labute approximate surface area is 324 Å². The minimum atomic E-state index is -0.778. The molecule has 0 atom stereocenters. The van der Waals surface area contributed by atoms with E-state index in [2.05, 4.69) is 84.6 Å². The maximum Gasteiger partial charge on any atom is 0.317 e. The van der Waals surface area contributed by atoms with E-state index >= 15 is 0 Å². The minimum absolute atomic E-state index is 0.0661. The summed E-state index contributed by atoms with van der Waals surface area (Å²) in [6.07, 6.45) is 11.6. The van der Waals surface area contributed by atoms with Gasteiger partial charge in [-0.1, -0.05) is 81.1 Å². The first-order valence-corrected chi connectivity index (χ1v) is 21.4. The highest BCUT2D eigenvalue weighted by molar-refractivity contribution is 8.18. The van der Waals surface area contributed by atoms with E-state index in [0.717, 1.165) is 88.8 Å². The van der Waals surface area contributed by atoms with Crippen molar-refractivity contribution in [3.63, 3.8) is 0 Å². The van der Waals surface area contributed by atoms with Crippen LogP contribution in [0, 0.1) is 0 Å². The summed E-state index contributed by atoms with van der Waals surface area (Å²) in [6, 6.07) is 9.38. The van der Waals surface area contributed by atoms with Crippen LogP contribution in [-0.2, 0) is 28.5 Å². The van der Waals surface area contributed by atoms with Crippen LogP contribution in [0.4, 0.5) is 0 Å². The third kappa shape index (κ3) is 13.7. The van der Waals surface area contributed by atoms with Gasteiger partial charge in [0.05, 0.1) is 23.8 Å². The van der Waals surface area contributed by atoms with Gasteiger partial charge in [-0.15, -0.1) is 23.5 Å². The van der Waals surface area contributed by atoms with Gasteiger partial charge in [0.25, 0.3) is 0 Å². The van der Waals surface area contributed by atoms with E-state index < -0.39 is 5.97 Å². The Hall–Kier alpha value is -1.91. The fourth-order valence-corrected chi connectivity index (χ4v) is 9.90. The van der Waals surface area contributed by atoms with Gasteiger partial charge in [-0.25, -0.2) is 0 Å². The van der Waals surface area contributed by atoms with Crippen LogP contribution in [0.5, 0.6) is 11.5 Å². The summed E-state index contributed by atoms with van der Waals surface area (Å²) >= 11 is 3.89. The van der Waals surface area contributed by atoms with Crippen LogP contribution in [-0.4, -0.2) is 76.3 Å². The number of hydrogen-bond acceptors (Lipinski definition) is 8. The molecule has 1 saturated heterocycles. The number of aliphatic carboxylic acids is 1. The number of thioether (sulfide) groups is 2. The van der Waals surface area contributed by atoms with Crippen molar-refractivity contribution in [2.45, 2.75) is 157 Å². The molecule has 294 valence electrons. The predicted octanol–water partition coefficient (Wildman–Crippen LogP) is 10.0. The van der Waals surface area contributed by atoms with Gasteiger partial charge in [0.1, 0.15) is 11.5 Å². The van der Waals surface area contributed by atoms with Crippen LogP contribution in [0.25, 0.3) is 0 Å². The van der Waals surface area contributed by atoms with E-state index in [1.165, 1.54) is 32.0 Å². The molecule has 3 N–H and O–H groups in total. The van der Waals surface area contributed by atoms with Crippen molar-refractivity contribution < 1.29 is 29.6 Å². The molecule has 1 aliphatic heterocycles. The Morgan fingerprint density at radius 2 is 1.13 bits per heavy atom. The van der Waals surface area contributed by atoms with E-state index in [1.54, 1.807) is 0 Å². The highest BCUT2D eigenvalue weighted by Crippen LogP contribution is 2.54. The number of aryl methyl sites for hydroxylation is 2. The second-order valence-corrected chi connectivity index (χ2v) is 19.6. The van der Waals surface area contributed by atoms with E-state index in [-0.39, 0.29) is 34.7 Å². The Morgan fingerprint density at radius 1 is 0.712 bits per heavy atom. The smallest absolute Gasteiger partial charge is 0.317 e. The van der Waals surface area contributed by atoms with Gasteiger partial charge in [-0.3, -0.25) is 9.69 Å². The maximum atomic E-state index is 11.7. The molecule has 0 saturated carbocycles. The summed E-state index contributed by atoms with van der Waals surface area (Å²) < 4.78 is 12.7. The fraction of sp³-hybridized carbons (Fsp3) is 0.698. The summed E-state index contributed by atoms with van der Waals surface area (Å²) in [4.78, 5) is 16.2. The van der Waals surface area contributed by atoms with E-state index in [1.807, 2.05) is 23.5 Å². The number of hydrogen-bond donors (Lipinski definition) is 3. The third-order valence-corrected chi connectivity index (χ3v) is 12.7. The van der Waals surface area contributed by atoms with Crippen molar-refractivity contribution >= 4 is 29.5 Å². The zero-order valence-electron chi connectivity index (χ0n) is 33.6. The van der Waals surface area contributed by atoms with Gasteiger partial charge in [0.15, 0.2) is 0 Å². The van der Waals surface area contributed by atoms with Gasteiger partial charge < -0.3 is 24.8 Å². The molecule has 0 spiro atoms. The second-order valence-electron chi connectivity index (χ2n) is 16.5. The molecule has 7 nitrogen and oxygen atoms in total. The zero-order chi connectivity index (χ0) is 38.4. The summed E-state index contributed by atoms with van der Waals surface area (Å²) in [7, 11) is 0. The summed E-state index contributed by atoms with van der Waals surface area (Å²) in [5.74, 6) is 1.17. The van der Waals surface area contributed by atoms with Gasteiger partial charge >= 0.3 is 5.97 Å². The lowest BCUT2D eigenvalue weighted by Gasteiger charge is -2.41. The van der Waals surface area contributed by atoms with Crippen molar-refractivity contribution in [3.05, 3.63) is 46.5 Å². The van der Waals surface area contributed by atoms with Crippen molar-refractivity contribution in [3.8, 4) is 11.5 Å². The van der Waals surface area contributed by atoms with Crippen LogP contribution < -0.4 is 9.47 Å². The average molecular weight is 760 g/mol. The Balaban J connectivity index is 2.16. The number of unbranched alkanes of at least 4 members (excludes halogenated alkanes) is 4. The normalized spacial score (nSPS) is 15.2. The molecule has 0 aromatic heterocycles. The van der Waals surface area contributed by atoms with Crippen molar-refractivity contribution in [2.75, 3.05) is 46.1 Å². The molecule has 0 bridgehead atoms. The van der Waals surface area contributed by atoms with Crippen LogP contribution >= 0.6 is 23.5 Å². The highest BCUT2D eigenvalue weighted by atomic mass is 32.2. The number of likely N-dealkylation sites (tertiary alicyclic amines) is 1. The number of aliphatic hydroxyl groups is 2. The van der Waals surface area contributed by atoms with Gasteiger partial charge in [0, 0.05) is 60.1 Å². The molecule has 0 aliphatic carbocycles. The molecular formula is C43H69NO6S2. The largest absolute Gasteiger partial charge is 0.493 e. The van der Waals surface area contributed by atoms with Gasteiger partial charge in [-0.2, -0.15) is 0 Å². The van der Waals surface area contributed by atoms with Crippen LogP contribution in [0.15, 0.2) is 34.1 Å². The lowest BCUT2D eigenvalue weighted by molar-refractivity contribution is -0.138. The molecule has 0 radical (unpaired) electrons. The number of carboxylic acid groups (broad SMARTS) is 1. The standard InChI is InChI=1S/C43H69NO6S2/c1-9-11-13-17-32-27-34(29-36(41(3,4)5)39(32)49-25-15-23-45)51-43(19-21-44(22-20-43)31-38(47)48)52-35-28-33(18-14-12-10-2)40(50-26-16-24-46)37(30-35)42(6,7)8/h27-30,45-46H,9-26,31H2,1-8H3,(H,47,48). The van der Waals surface area contributed by atoms with Crippen molar-refractivity contribution in [1.29, 1.82) is 0 Å². The monoisotopic (exact) mass is 759 g/mol. The number of carboxylic acids is 1. The van der Waals surface area contributed by atoms with Crippen LogP contribution in [0.3, 0.4) is 0 Å². The Bertz CT molecular complexity index is 1300. The molecule has 1 aliphatic rings. The lowest BCUT2D eigenvalue weighted by Crippen LogP contribution is -2.42. The molecular weight excluding hydrogens is 691 g/mol. The number of benzene rings is 2. The highest BCUT2D eigenvalue weighted by Gasteiger charge is 2.39. The van der Waals surface area contributed by atoms with Crippen LogP contribution in [0.2, 0.25) is 0 Å². The van der Waals surface area contributed by atoms with E-state index in [0.29, 0.717) is 26.1 Å². The average Bonchev–Trinajstić information content (AvgIpc) is 3.06. The molecule has 9 heteroatoms. The molecule has 0 unspecified atom stereocenters. The molecule has 3 rings (SSSR count). The number of carbonyl (C=O) groups is 1. The summed E-state index contributed by atoms with van der Waals surface area (Å²) in [6.45, 7) is 20.7. The summed E-state index contributed by atoms with van der Waals surface area (Å²) in [5.41, 5.74) is 4.59. The van der Waals surface area contributed by atoms with Gasteiger partial charge in [-0.05, 0) is 84.7 Å². The van der Waals surface area contributed by atoms with Gasteiger partial charge in [0.2, 0.25) is 0 Å². The first-order valence-electron chi connectivity index (χ1n) is 19.8. The van der Waals surface area contributed by atoms with E-state index in [9.17, 15) is 20.1 Å². The molecule has 0 amide bonds. The quantitative estimate of drug-likeness (QED) is 0.0800. The number of rotatable bonds is 22. The van der Waals surface area contributed by atoms with Crippen molar-refractivity contribution in [1.82, 2.24) is 4.90 Å². The third-order valence-electron chi connectivity index (χ3n) is 9.68. The number of piperidine rings is 1.